The summed E-state index contributed by atoms with van der Waals surface area (Å²) in [7, 11) is 0. The van der Waals surface area contributed by atoms with E-state index in [4.69, 9.17) is 0 Å². The topological polar surface area (TPSA) is 12.0 Å². The van der Waals surface area contributed by atoms with E-state index in [2.05, 4.69) is 17.6 Å². The van der Waals surface area contributed by atoms with Crippen LogP contribution in [0, 0.1) is 5.82 Å². The maximum Gasteiger partial charge on any atom is 0.126 e. The van der Waals surface area contributed by atoms with Gasteiger partial charge in [-0.15, -0.1) is 0 Å². The lowest BCUT2D eigenvalue weighted by atomic mass is 9.88. The molecule has 3 rings (SSSR count). The minimum Gasteiger partial charge on any atom is -0.309 e. The average Bonchev–Trinajstić information content (AvgIpc) is 2.91. The van der Waals surface area contributed by atoms with Gasteiger partial charge >= 0.3 is 0 Å². The Labute approximate surface area is 125 Å². The molecule has 0 aliphatic heterocycles. The zero-order valence-electron chi connectivity index (χ0n) is 12.3. The van der Waals surface area contributed by atoms with Gasteiger partial charge in [0.1, 0.15) is 5.82 Å². The summed E-state index contributed by atoms with van der Waals surface area (Å²) in [4.78, 5) is 0. The van der Waals surface area contributed by atoms with Crippen LogP contribution in [0.3, 0.4) is 0 Å². The minimum atomic E-state index is -0.0240. The van der Waals surface area contributed by atoms with Gasteiger partial charge in [0.25, 0.3) is 0 Å². The van der Waals surface area contributed by atoms with Crippen LogP contribution in [0.1, 0.15) is 55.7 Å². The standard InChI is InChI=1S/C17H24FNS/c1-20-17(10-3-2-4-11-17)12-19-16-9-8-13-14(16)6-5-7-15(13)18/h5-7,16,19H,2-4,8-12H2,1H3. The van der Waals surface area contributed by atoms with E-state index in [9.17, 15) is 4.39 Å². The fourth-order valence-electron chi connectivity index (χ4n) is 3.78. The summed E-state index contributed by atoms with van der Waals surface area (Å²) in [5, 5.41) is 3.74. The Balaban J connectivity index is 1.67. The number of halogens is 1. The van der Waals surface area contributed by atoms with Crippen LogP contribution in [-0.2, 0) is 6.42 Å². The highest BCUT2D eigenvalue weighted by Crippen LogP contribution is 2.39. The summed E-state index contributed by atoms with van der Waals surface area (Å²) >= 11 is 2.02. The monoisotopic (exact) mass is 293 g/mol. The third-order valence-electron chi connectivity index (χ3n) is 5.08. The molecule has 1 unspecified atom stereocenters. The second-order valence-corrected chi connectivity index (χ2v) is 7.50. The van der Waals surface area contributed by atoms with Crippen molar-refractivity contribution in [1.29, 1.82) is 0 Å². The SMILES string of the molecule is CSC1(CNC2CCc3c(F)cccc32)CCCCC1. The van der Waals surface area contributed by atoms with Gasteiger partial charge in [0, 0.05) is 17.3 Å². The molecule has 0 radical (unpaired) electrons. The molecule has 1 aromatic rings. The van der Waals surface area contributed by atoms with Crippen LogP contribution in [0.15, 0.2) is 18.2 Å². The zero-order valence-corrected chi connectivity index (χ0v) is 13.1. The third kappa shape index (κ3) is 2.75. The largest absolute Gasteiger partial charge is 0.309 e. The fraction of sp³-hybridized carbons (Fsp3) is 0.647. The van der Waals surface area contributed by atoms with E-state index in [0.717, 1.165) is 24.9 Å². The highest BCUT2D eigenvalue weighted by atomic mass is 32.2. The van der Waals surface area contributed by atoms with E-state index in [1.165, 1.54) is 37.7 Å². The second-order valence-electron chi connectivity index (χ2n) is 6.23. The van der Waals surface area contributed by atoms with Gasteiger partial charge in [-0.25, -0.2) is 4.39 Å². The van der Waals surface area contributed by atoms with Crippen molar-refractivity contribution in [1.82, 2.24) is 5.32 Å². The Bertz CT molecular complexity index is 468. The van der Waals surface area contributed by atoms with E-state index in [1.54, 1.807) is 6.07 Å². The van der Waals surface area contributed by atoms with E-state index >= 15 is 0 Å². The van der Waals surface area contributed by atoms with Crippen molar-refractivity contribution in [2.24, 2.45) is 0 Å². The van der Waals surface area contributed by atoms with Crippen LogP contribution < -0.4 is 5.32 Å². The number of fused-ring (bicyclic) bond motifs is 1. The lowest BCUT2D eigenvalue weighted by molar-refractivity contribution is 0.362. The molecule has 110 valence electrons. The van der Waals surface area contributed by atoms with Crippen molar-refractivity contribution in [3.8, 4) is 0 Å². The van der Waals surface area contributed by atoms with Gasteiger partial charge in [-0.3, -0.25) is 0 Å². The molecule has 1 saturated carbocycles. The quantitative estimate of drug-likeness (QED) is 0.879. The molecule has 1 aromatic carbocycles. The Morgan fingerprint density at radius 3 is 2.85 bits per heavy atom. The summed E-state index contributed by atoms with van der Waals surface area (Å²) in [5.41, 5.74) is 2.13. The number of benzene rings is 1. The van der Waals surface area contributed by atoms with Gasteiger partial charge < -0.3 is 5.32 Å². The van der Waals surface area contributed by atoms with E-state index in [1.807, 2.05) is 17.8 Å². The van der Waals surface area contributed by atoms with Crippen molar-refractivity contribution >= 4 is 11.8 Å². The Hall–Kier alpha value is -0.540. The first kappa shape index (κ1) is 14.4. The highest BCUT2D eigenvalue weighted by molar-refractivity contribution is 8.00. The second kappa shape index (κ2) is 6.07. The molecule has 2 aliphatic rings. The molecule has 1 atom stereocenters. The summed E-state index contributed by atoms with van der Waals surface area (Å²) < 4.78 is 14.2. The van der Waals surface area contributed by atoms with Crippen molar-refractivity contribution in [3.63, 3.8) is 0 Å². The van der Waals surface area contributed by atoms with E-state index in [-0.39, 0.29) is 5.82 Å². The maximum atomic E-state index is 13.8. The summed E-state index contributed by atoms with van der Waals surface area (Å²) in [6.45, 7) is 1.06. The minimum absolute atomic E-state index is 0.0240. The van der Waals surface area contributed by atoms with E-state index < -0.39 is 0 Å². The number of rotatable bonds is 4. The molecule has 3 heteroatoms. The van der Waals surface area contributed by atoms with Gasteiger partial charge in [-0.05, 0) is 49.1 Å². The van der Waals surface area contributed by atoms with Crippen molar-refractivity contribution in [2.45, 2.75) is 55.7 Å². The predicted molar refractivity (Wildman–Crippen MR) is 84.8 cm³/mol. The lowest BCUT2D eigenvalue weighted by Gasteiger charge is -2.37. The van der Waals surface area contributed by atoms with Crippen molar-refractivity contribution < 1.29 is 4.39 Å². The molecule has 1 fully saturated rings. The summed E-state index contributed by atoms with van der Waals surface area (Å²) in [5.74, 6) is -0.0240. The number of hydrogen-bond acceptors (Lipinski definition) is 2. The summed E-state index contributed by atoms with van der Waals surface area (Å²) in [6, 6.07) is 5.88. The first-order valence-corrected chi connectivity index (χ1v) is 9.02. The number of nitrogens with one attached hydrogen (secondary N) is 1. The first-order chi connectivity index (χ1) is 9.74. The molecule has 1 nitrogen and oxygen atoms in total. The van der Waals surface area contributed by atoms with Crippen LogP contribution in [0.2, 0.25) is 0 Å². The molecule has 0 amide bonds. The van der Waals surface area contributed by atoms with Gasteiger partial charge in [-0.1, -0.05) is 31.4 Å². The van der Waals surface area contributed by atoms with E-state index in [0.29, 0.717) is 10.8 Å². The highest BCUT2D eigenvalue weighted by Gasteiger charge is 2.33. The molecule has 1 N–H and O–H groups in total. The normalized spacial score (nSPS) is 24.6. The Kier molecular flexibility index (Phi) is 4.37. The first-order valence-electron chi connectivity index (χ1n) is 7.80. The fourth-order valence-corrected chi connectivity index (χ4v) is 4.70. The number of thioether (sulfide) groups is 1. The zero-order chi connectivity index (χ0) is 14.0. The van der Waals surface area contributed by atoms with Crippen molar-refractivity contribution in [2.75, 3.05) is 12.8 Å². The Morgan fingerprint density at radius 1 is 1.30 bits per heavy atom. The molecule has 0 saturated heterocycles. The lowest BCUT2D eigenvalue weighted by Crippen LogP contribution is -2.40. The van der Waals surface area contributed by atoms with Crippen LogP contribution in [0.25, 0.3) is 0 Å². The maximum absolute atomic E-state index is 13.8. The van der Waals surface area contributed by atoms with Gasteiger partial charge in [0.15, 0.2) is 0 Å². The molecular formula is C17H24FNS. The molecule has 0 heterocycles. The smallest absolute Gasteiger partial charge is 0.126 e. The number of hydrogen-bond donors (Lipinski definition) is 1. The van der Waals surface area contributed by atoms with Gasteiger partial charge in [-0.2, -0.15) is 11.8 Å². The van der Waals surface area contributed by atoms with Gasteiger partial charge in [0.2, 0.25) is 0 Å². The van der Waals surface area contributed by atoms with Crippen LogP contribution in [0.5, 0.6) is 0 Å². The third-order valence-corrected chi connectivity index (χ3v) is 6.50. The molecule has 0 aromatic heterocycles. The Morgan fingerprint density at radius 2 is 2.10 bits per heavy atom. The van der Waals surface area contributed by atoms with Gasteiger partial charge in [0.05, 0.1) is 0 Å². The molecular weight excluding hydrogens is 269 g/mol. The molecule has 0 spiro atoms. The molecule has 2 aliphatic carbocycles. The summed E-state index contributed by atoms with van der Waals surface area (Å²) in [6.07, 6.45) is 10.9. The van der Waals surface area contributed by atoms with Crippen LogP contribution in [-0.4, -0.2) is 17.5 Å². The molecule has 20 heavy (non-hydrogen) atoms. The average molecular weight is 293 g/mol. The van der Waals surface area contributed by atoms with Crippen LogP contribution in [0.4, 0.5) is 4.39 Å². The predicted octanol–water partition coefficient (Wildman–Crippen LogP) is 4.47. The van der Waals surface area contributed by atoms with Crippen molar-refractivity contribution in [3.05, 3.63) is 35.1 Å². The van der Waals surface area contributed by atoms with Crippen LogP contribution >= 0.6 is 11.8 Å². The molecule has 0 bridgehead atoms.